The highest BCUT2D eigenvalue weighted by Crippen LogP contribution is 2.31. The molecule has 0 aliphatic carbocycles. The molecule has 0 radical (unpaired) electrons. The topological polar surface area (TPSA) is 83.6 Å². The minimum Gasteiger partial charge on any atom is -0.322 e. The summed E-state index contributed by atoms with van der Waals surface area (Å²) in [7, 11) is -3.89. The van der Waals surface area contributed by atoms with Crippen molar-refractivity contribution in [3.8, 4) is 0 Å². The van der Waals surface area contributed by atoms with E-state index in [0.29, 0.717) is 12.1 Å². The summed E-state index contributed by atoms with van der Waals surface area (Å²) >= 11 is 0. The number of aryl methyl sites for hydroxylation is 1. The van der Waals surface area contributed by atoms with Gasteiger partial charge in [0.05, 0.1) is 5.56 Å². The van der Waals surface area contributed by atoms with Crippen molar-refractivity contribution in [1.82, 2.24) is 4.31 Å². The quantitative estimate of drug-likeness (QED) is 0.911. The van der Waals surface area contributed by atoms with E-state index in [1.165, 1.54) is 18.2 Å². The normalized spacial score (nSPS) is 15.1. The molecule has 6 nitrogen and oxygen atoms in total. The number of sulfonamides is 1. The second-order valence-corrected chi connectivity index (χ2v) is 7.75. The lowest BCUT2D eigenvalue weighted by atomic mass is 10.1. The van der Waals surface area contributed by atoms with Gasteiger partial charge < -0.3 is 5.32 Å². The molecule has 0 saturated heterocycles. The molecule has 2 aromatic rings. The van der Waals surface area contributed by atoms with Crippen LogP contribution in [0.4, 0.5) is 5.69 Å². The Morgan fingerprint density at radius 2 is 1.92 bits per heavy atom. The summed E-state index contributed by atoms with van der Waals surface area (Å²) in [5.41, 5.74) is 1.92. The van der Waals surface area contributed by atoms with Crippen LogP contribution >= 0.6 is 0 Å². The van der Waals surface area contributed by atoms with Crippen LogP contribution in [0.3, 0.4) is 0 Å². The average molecular weight is 358 g/mol. The van der Waals surface area contributed by atoms with Crippen molar-refractivity contribution in [3.63, 3.8) is 0 Å². The summed E-state index contributed by atoms with van der Waals surface area (Å²) in [5.74, 6) is -0.965. The number of nitrogens with zero attached hydrogens (tertiary/aromatic N) is 1. The number of hydrogen-bond donors (Lipinski definition) is 1. The van der Waals surface area contributed by atoms with Gasteiger partial charge in [-0.3, -0.25) is 9.59 Å². The Balaban J connectivity index is 1.94. The Morgan fingerprint density at radius 3 is 2.60 bits per heavy atom. The van der Waals surface area contributed by atoms with Crippen LogP contribution in [0.25, 0.3) is 0 Å². The minimum absolute atomic E-state index is 0.108. The van der Waals surface area contributed by atoms with Gasteiger partial charge in [-0.25, -0.2) is 12.7 Å². The van der Waals surface area contributed by atoms with E-state index in [1.807, 2.05) is 25.1 Å². The predicted octanol–water partition coefficient (Wildman–Crippen LogP) is 2.80. The zero-order valence-corrected chi connectivity index (χ0v) is 14.8. The molecule has 25 heavy (non-hydrogen) atoms. The van der Waals surface area contributed by atoms with E-state index in [9.17, 15) is 18.0 Å². The summed E-state index contributed by atoms with van der Waals surface area (Å²) in [6, 6.07) is 11.4. The highest BCUT2D eigenvalue weighted by Gasteiger charge is 2.40. The van der Waals surface area contributed by atoms with E-state index in [0.717, 1.165) is 9.87 Å². The van der Waals surface area contributed by atoms with Crippen molar-refractivity contribution < 1.29 is 18.0 Å². The van der Waals surface area contributed by atoms with E-state index in [2.05, 4.69) is 5.32 Å². The van der Waals surface area contributed by atoms with Gasteiger partial charge in [0.15, 0.2) is 0 Å². The smallest absolute Gasteiger partial charge is 0.269 e. The first kappa shape index (κ1) is 17.2. The molecule has 0 atom stereocenters. The standard InChI is InChI=1S/C18H18N2O4S/c1-3-9-20-18(22)15-8-7-13(11-16(15)25(20,23)24)17(21)19-14-6-4-5-12(2)10-14/h4-8,10-11H,3,9H2,1-2H3,(H,19,21). The highest BCUT2D eigenvalue weighted by molar-refractivity contribution is 7.90. The maximum atomic E-state index is 12.5. The molecule has 2 amide bonds. The monoisotopic (exact) mass is 358 g/mol. The van der Waals surface area contributed by atoms with E-state index in [-0.39, 0.29) is 22.6 Å². The minimum atomic E-state index is -3.89. The Hall–Kier alpha value is -2.67. The lowest BCUT2D eigenvalue weighted by Crippen LogP contribution is -2.30. The number of rotatable bonds is 4. The fourth-order valence-corrected chi connectivity index (χ4v) is 4.45. The Labute approximate surface area is 146 Å². The molecule has 0 spiro atoms. The maximum absolute atomic E-state index is 12.5. The lowest BCUT2D eigenvalue weighted by Gasteiger charge is -2.13. The molecule has 7 heteroatoms. The van der Waals surface area contributed by atoms with Gasteiger partial charge in [-0.15, -0.1) is 0 Å². The molecular formula is C18H18N2O4S. The number of fused-ring (bicyclic) bond motifs is 1. The van der Waals surface area contributed by atoms with Gasteiger partial charge >= 0.3 is 0 Å². The third-order valence-corrected chi connectivity index (χ3v) is 5.79. The number of hydrogen-bond acceptors (Lipinski definition) is 4. The van der Waals surface area contributed by atoms with Gasteiger partial charge in [0.1, 0.15) is 4.90 Å². The van der Waals surface area contributed by atoms with Gasteiger partial charge in [0.2, 0.25) is 0 Å². The van der Waals surface area contributed by atoms with Gasteiger partial charge in [-0.05, 0) is 49.2 Å². The van der Waals surface area contributed by atoms with Crippen LogP contribution in [0.2, 0.25) is 0 Å². The van der Waals surface area contributed by atoms with Crippen molar-refractivity contribution in [2.24, 2.45) is 0 Å². The fraction of sp³-hybridized carbons (Fsp3) is 0.222. The molecule has 3 rings (SSSR count). The van der Waals surface area contributed by atoms with E-state index < -0.39 is 21.8 Å². The zero-order chi connectivity index (χ0) is 18.2. The van der Waals surface area contributed by atoms with Crippen LogP contribution in [0.15, 0.2) is 47.4 Å². The van der Waals surface area contributed by atoms with Crippen molar-refractivity contribution >= 4 is 27.5 Å². The van der Waals surface area contributed by atoms with Crippen LogP contribution in [-0.2, 0) is 10.0 Å². The van der Waals surface area contributed by atoms with Crippen molar-refractivity contribution in [2.45, 2.75) is 25.2 Å². The first-order chi connectivity index (χ1) is 11.8. The molecule has 1 aliphatic heterocycles. The van der Waals surface area contributed by atoms with E-state index in [4.69, 9.17) is 0 Å². The molecule has 0 bridgehead atoms. The second-order valence-electron chi connectivity index (χ2n) is 5.92. The largest absolute Gasteiger partial charge is 0.322 e. The average Bonchev–Trinajstić information content (AvgIpc) is 2.76. The van der Waals surface area contributed by atoms with Crippen LogP contribution in [-0.4, -0.2) is 31.1 Å². The second kappa shape index (κ2) is 6.33. The van der Waals surface area contributed by atoms with Gasteiger partial charge in [-0.2, -0.15) is 0 Å². The summed E-state index contributed by atoms with van der Waals surface area (Å²) in [5, 5.41) is 2.73. The fourth-order valence-electron chi connectivity index (χ4n) is 2.77. The molecule has 1 N–H and O–H groups in total. The van der Waals surface area contributed by atoms with E-state index >= 15 is 0 Å². The summed E-state index contributed by atoms with van der Waals surface area (Å²) in [6.07, 6.45) is 0.527. The molecule has 1 aliphatic rings. The number of amides is 2. The van der Waals surface area contributed by atoms with Gasteiger partial charge in [0.25, 0.3) is 21.8 Å². The Kier molecular flexibility index (Phi) is 4.34. The number of nitrogens with one attached hydrogen (secondary N) is 1. The molecule has 0 fully saturated rings. The Morgan fingerprint density at radius 1 is 1.16 bits per heavy atom. The molecule has 2 aromatic carbocycles. The van der Waals surface area contributed by atoms with Crippen LogP contribution < -0.4 is 5.32 Å². The van der Waals surface area contributed by atoms with Crippen molar-refractivity contribution in [2.75, 3.05) is 11.9 Å². The first-order valence-electron chi connectivity index (χ1n) is 7.93. The molecule has 0 saturated carbocycles. The summed E-state index contributed by atoms with van der Waals surface area (Å²) in [4.78, 5) is 24.6. The molecule has 130 valence electrons. The molecule has 0 unspecified atom stereocenters. The first-order valence-corrected chi connectivity index (χ1v) is 9.37. The molecular weight excluding hydrogens is 340 g/mol. The summed E-state index contributed by atoms with van der Waals surface area (Å²) < 4.78 is 25.9. The molecule has 0 aromatic heterocycles. The van der Waals surface area contributed by atoms with Crippen LogP contribution in [0, 0.1) is 6.92 Å². The zero-order valence-electron chi connectivity index (χ0n) is 13.9. The third kappa shape index (κ3) is 3.02. The number of carbonyl (C=O) groups excluding carboxylic acids is 2. The van der Waals surface area contributed by atoms with Crippen LogP contribution in [0.1, 0.15) is 39.6 Å². The van der Waals surface area contributed by atoms with Gasteiger partial charge in [-0.1, -0.05) is 19.1 Å². The van der Waals surface area contributed by atoms with E-state index in [1.54, 1.807) is 13.0 Å². The predicted molar refractivity (Wildman–Crippen MR) is 94.1 cm³/mol. The van der Waals surface area contributed by atoms with Crippen LogP contribution in [0.5, 0.6) is 0 Å². The lowest BCUT2D eigenvalue weighted by molar-refractivity contribution is 0.0870. The SMILES string of the molecule is CCCN1C(=O)c2ccc(C(=O)Nc3cccc(C)c3)cc2S1(=O)=O. The Bertz CT molecular complexity index is 967. The number of carbonyl (C=O) groups is 2. The maximum Gasteiger partial charge on any atom is 0.269 e. The summed E-state index contributed by atoms with van der Waals surface area (Å²) in [6.45, 7) is 3.83. The van der Waals surface area contributed by atoms with Crippen molar-refractivity contribution in [3.05, 3.63) is 59.2 Å². The molecule has 1 heterocycles. The van der Waals surface area contributed by atoms with Gasteiger partial charge in [0, 0.05) is 17.8 Å². The highest BCUT2D eigenvalue weighted by atomic mass is 32.2. The van der Waals surface area contributed by atoms with Crippen molar-refractivity contribution in [1.29, 1.82) is 0 Å². The third-order valence-electron chi connectivity index (χ3n) is 3.97. The number of benzene rings is 2. The number of anilines is 1.